The van der Waals surface area contributed by atoms with Gasteiger partial charge in [-0.25, -0.2) is 4.39 Å². The van der Waals surface area contributed by atoms with Crippen molar-refractivity contribution in [3.63, 3.8) is 0 Å². The Balaban J connectivity index is 2.31. The van der Waals surface area contributed by atoms with Gasteiger partial charge < -0.3 is 10.7 Å². The molecule has 0 aliphatic carbocycles. The van der Waals surface area contributed by atoms with Crippen LogP contribution >= 0.6 is 15.9 Å². The first-order chi connectivity index (χ1) is 9.13. The minimum atomic E-state index is -0.529. The third kappa shape index (κ3) is 2.88. The molecule has 0 radical (unpaired) electrons. The summed E-state index contributed by atoms with van der Waals surface area (Å²) in [5.41, 5.74) is 3.06. The van der Waals surface area contributed by atoms with Crippen LogP contribution in [0, 0.1) is 5.82 Å². The zero-order valence-corrected chi connectivity index (χ0v) is 11.2. The molecular formula is C12H10BrFN4O. The number of nitrogen functional groups attached to an aromatic ring is 1. The number of nitrogens with one attached hydrogen (secondary N) is 2. The number of halogens is 2. The number of para-hydroxylation sites is 1. The first-order valence-electron chi connectivity index (χ1n) is 5.29. The molecule has 19 heavy (non-hydrogen) atoms. The third-order valence-electron chi connectivity index (χ3n) is 2.42. The topological polar surface area (TPSA) is 80.0 Å². The van der Waals surface area contributed by atoms with Gasteiger partial charge in [-0.2, -0.15) is 0 Å². The maximum atomic E-state index is 13.6. The average molecular weight is 325 g/mol. The summed E-state index contributed by atoms with van der Waals surface area (Å²) in [7, 11) is 0. The zero-order valence-electron chi connectivity index (χ0n) is 9.65. The minimum absolute atomic E-state index is 0.0762. The van der Waals surface area contributed by atoms with E-state index in [1.807, 2.05) is 0 Å². The number of hydrazine groups is 1. The van der Waals surface area contributed by atoms with Gasteiger partial charge in [0.15, 0.2) is 0 Å². The largest absolute Gasteiger partial charge is 0.322 e. The molecule has 0 fully saturated rings. The molecule has 2 aromatic rings. The highest BCUT2D eigenvalue weighted by atomic mass is 79.9. The Bertz CT molecular complexity index is 600. The molecule has 5 nitrogen and oxygen atoms in total. The number of hydrogen-bond donors (Lipinski definition) is 3. The van der Waals surface area contributed by atoms with E-state index in [0.29, 0.717) is 10.2 Å². The van der Waals surface area contributed by atoms with Gasteiger partial charge >= 0.3 is 0 Å². The zero-order chi connectivity index (χ0) is 13.8. The minimum Gasteiger partial charge on any atom is -0.322 e. The highest BCUT2D eigenvalue weighted by molar-refractivity contribution is 9.10. The van der Waals surface area contributed by atoms with Crippen LogP contribution in [0.2, 0.25) is 0 Å². The molecule has 0 bridgehead atoms. The van der Waals surface area contributed by atoms with E-state index in [1.165, 1.54) is 30.6 Å². The second-order valence-corrected chi connectivity index (χ2v) is 4.47. The fraction of sp³-hybridized carbons (Fsp3) is 0. The summed E-state index contributed by atoms with van der Waals surface area (Å²) >= 11 is 3.18. The van der Waals surface area contributed by atoms with Crippen LogP contribution < -0.4 is 16.6 Å². The van der Waals surface area contributed by atoms with Gasteiger partial charge in [-0.05, 0) is 34.1 Å². The lowest BCUT2D eigenvalue weighted by atomic mass is 10.2. The molecule has 98 valence electrons. The van der Waals surface area contributed by atoms with Crippen LogP contribution in [0.5, 0.6) is 0 Å². The van der Waals surface area contributed by atoms with Crippen molar-refractivity contribution in [1.82, 2.24) is 4.98 Å². The van der Waals surface area contributed by atoms with Crippen molar-refractivity contribution in [3.8, 4) is 0 Å². The average Bonchev–Trinajstić information content (AvgIpc) is 2.42. The van der Waals surface area contributed by atoms with Gasteiger partial charge in [-0.1, -0.05) is 6.07 Å². The lowest BCUT2D eigenvalue weighted by Crippen LogP contribution is -2.18. The van der Waals surface area contributed by atoms with Crippen molar-refractivity contribution in [1.29, 1.82) is 0 Å². The molecule has 0 aliphatic rings. The van der Waals surface area contributed by atoms with Gasteiger partial charge in [0, 0.05) is 10.7 Å². The number of pyridine rings is 1. The van der Waals surface area contributed by atoms with Crippen molar-refractivity contribution in [2.45, 2.75) is 0 Å². The molecule has 0 spiro atoms. The van der Waals surface area contributed by atoms with Crippen molar-refractivity contribution < 1.29 is 9.18 Å². The second kappa shape index (κ2) is 5.77. The molecular weight excluding hydrogens is 315 g/mol. The lowest BCUT2D eigenvalue weighted by Gasteiger charge is -2.10. The molecule has 7 heteroatoms. The van der Waals surface area contributed by atoms with Crippen molar-refractivity contribution in [3.05, 3.63) is 52.5 Å². The fourth-order valence-electron chi connectivity index (χ4n) is 1.51. The number of anilines is 2. The van der Waals surface area contributed by atoms with Gasteiger partial charge in [0.05, 0.1) is 23.1 Å². The number of carbonyl (C=O) groups excluding carboxylic acids is 1. The van der Waals surface area contributed by atoms with Crippen LogP contribution in [-0.2, 0) is 0 Å². The van der Waals surface area contributed by atoms with E-state index >= 15 is 0 Å². The SMILES string of the molecule is NNc1cnccc1C(=O)Nc1c(F)cccc1Br. The van der Waals surface area contributed by atoms with Crippen LogP contribution in [0.1, 0.15) is 10.4 Å². The quantitative estimate of drug-likeness (QED) is 0.598. The van der Waals surface area contributed by atoms with Crippen LogP contribution in [0.25, 0.3) is 0 Å². The number of aromatic nitrogens is 1. The molecule has 1 heterocycles. The first-order valence-corrected chi connectivity index (χ1v) is 6.08. The Morgan fingerprint density at radius 2 is 2.16 bits per heavy atom. The van der Waals surface area contributed by atoms with Crippen molar-refractivity contribution >= 4 is 33.2 Å². The van der Waals surface area contributed by atoms with Crippen LogP contribution in [0.15, 0.2) is 41.1 Å². The summed E-state index contributed by atoms with van der Waals surface area (Å²) < 4.78 is 14.1. The molecule has 0 aliphatic heterocycles. The number of nitrogens with zero attached hydrogens (tertiary/aromatic N) is 1. The van der Waals surface area contributed by atoms with Gasteiger partial charge in [-0.15, -0.1) is 0 Å². The predicted octanol–water partition coefficient (Wildman–Crippen LogP) is 2.52. The van der Waals surface area contributed by atoms with Crippen LogP contribution in [0.3, 0.4) is 0 Å². The van der Waals surface area contributed by atoms with Crippen molar-refractivity contribution in [2.24, 2.45) is 5.84 Å². The predicted molar refractivity (Wildman–Crippen MR) is 74.1 cm³/mol. The Morgan fingerprint density at radius 3 is 2.84 bits per heavy atom. The highest BCUT2D eigenvalue weighted by Crippen LogP contribution is 2.26. The summed E-state index contributed by atoms with van der Waals surface area (Å²) in [5, 5.41) is 2.49. The number of nitrogens with two attached hydrogens (primary N) is 1. The summed E-state index contributed by atoms with van der Waals surface area (Å²) in [6.07, 6.45) is 2.86. The molecule has 0 unspecified atom stereocenters. The molecule has 1 aromatic carbocycles. The second-order valence-electron chi connectivity index (χ2n) is 3.62. The molecule has 0 saturated carbocycles. The smallest absolute Gasteiger partial charge is 0.258 e. The molecule has 1 aromatic heterocycles. The molecule has 0 saturated heterocycles. The number of hydrogen-bond acceptors (Lipinski definition) is 4. The third-order valence-corrected chi connectivity index (χ3v) is 3.08. The number of amides is 1. The molecule has 0 atom stereocenters. The molecule has 2 rings (SSSR count). The summed E-state index contributed by atoms with van der Waals surface area (Å²) in [6, 6.07) is 5.91. The van der Waals surface area contributed by atoms with Crippen LogP contribution in [0.4, 0.5) is 15.8 Å². The van der Waals surface area contributed by atoms with Gasteiger partial charge in [0.2, 0.25) is 0 Å². The number of carbonyl (C=O) groups is 1. The maximum Gasteiger partial charge on any atom is 0.258 e. The van der Waals surface area contributed by atoms with Gasteiger partial charge in [0.1, 0.15) is 5.82 Å². The van der Waals surface area contributed by atoms with Gasteiger partial charge in [0.25, 0.3) is 5.91 Å². The monoisotopic (exact) mass is 324 g/mol. The molecule has 4 N–H and O–H groups in total. The van der Waals surface area contributed by atoms with Crippen molar-refractivity contribution in [2.75, 3.05) is 10.7 Å². The van der Waals surface area contributed by atoms with E-state index in [4.69, 9.17) is 5.84 Å². The Kier molecular flexibility index (Phi) is 4.08. The highest BCUT2D eigenvalue weighted by Gasteiger charge is 2.14. The van der Waals surface area contributed by atoms with E-state index in [1.54, 1.807) is 6.07 Å². The van der Waals surface area contributed by atoms with Gasteiger partial charge in [-0.3, -0.25) is 15.6 Å². The fourth-order valence-corrected chi connectivity index (χ4v) is 1.95. The van der Waals surface area contributed by atoms with E-state index in [0.717, 1.165) is 0 Å². The Morgan fingerprint density at radius 1 is 1.37 bits per heavy atom. The normalized spacial score (nSPS) is 10.1. The Hall–Kier alpha value is -1.99. The van der Waals surface area contributed by atoms with E-state index in [2.05, 4.69) is 31.7 Å². The first kappa shape index (κ1) is 13.4. The standard InChI is InChI=1S/C12H10BrFN4O/c13-8-2-1-3-9(14)11(8)17-12(19)7-4-5-16-6-10(7)18-15/h1-6,18H,15H2,(H,17,19). The summed E-state index contributed by atoms with van der Waals surface area (Å²) in [4.78, 5) is 15.9. The number of rotatable bonds is 3. The molecule has 1 amide bonds. The van der Waals surface area contributed by atoms with E-state index in [9.17, 15) is 9.18 Å². The summed E-state index contributed by atoms with van der Waals surface area (Å²) in [5.74, 6) is 4.27. The lowest BCUT2D eigenvalue weighted by molar-refractivity contribution is 0.102. The van der Waals surface area contributed by atoms with E-state index < -0.39 is 11.7 Å². The maximum absolute atomic E-state index is 13.6. The number of benzene rings is 1. The van der Waals surface area contributed by atoms with E-state index in [-0.39, 0.29) is 11.3 Å². The summed E-state index contributed by atoms with van der Waals surface area (Å²) in [6.45, 7) is 0. The van der Waals surface area contributed by atoms with Crippen LogP contribution in [-0.4, -0.2) is 10.9 Å². The Labute approximate surface area is 117 Å².